The van der Waals surface area contributed by atoms with Gasteiger partial charge in [-0.3, -0.25) is 4.79 Å². The maximum absolute atomic E-state index is 12.6. The van der Waals surface area contributed by atoms with Crippen LogP contribution in [0.5, 0.6) is 0 Å². The molecule has 25 heavy (non-hydrogen) atoms. The quantitative estimate of drug-likeness (QED) is 0.479. The lowest BCUT2D eigenvalue weighted by Gasteiger charge is -2.15. The highest BCUT2D eigenvalue weighted by molar-refractivity contribution is 8.00. The van der Waals surface area contributed by atoms with E-state index in [1.807, 2.05) is 23.1 Å². The lowest BCUT2D eigenvalue weighted by atomic mass is 9.97. The molecule has 1 atom stereocenters. The Bertz CT molecular complexity index is 993. The predicted molar refractivity (Wildman–Crippen MR) is 107 cm³/mol. The third-order valence-electron chi connectivity index (χ3n) is 4.94. The molecule has 5 rings (SSSR count). The van der Waals surface area contributed by atoms with Crippen molar-refractivity contribution < 1.29 is 0 Å². The normalized spacial score (nSPS) is 19.1. The van der Waals surface area contributed by atoms with E-state index in [1.165, 1.54) is 33.0 Å². The summed E-state index contributed by atoms with van der Waals surface area (Å²) in [5.74, 6) is 2.03. The van der Waals surface area contributed by atoms with Crippen molar-refractivity contribution in [1.82, 2.24) is 9.55 Å². The fourth-order valence-electron chi connectivity index (χ4n) is 3.73. The van der Waals surface area contributed by atoms with Crippen molar-refractivity contribution in [2.45, 2.75) is 41.8 Å². The molecular formula is C19H18N2OS3. The Kier molecular flexibility index (Phi) is 4.14. The van der Waals surface area contributed by atoms with E-state index in [9.17, 15) is 4.79 Å². The summed E-state index contributed by atoms with van der Waals surface area (Å²) in [7, 11) is 0. The van der Waals surface area contributed by atoms with Gasteiger partial charge in [-0.25, -0.2) is 0 Å². The number of aromatic nitrogens is 2. The molecule has 1 aromatic carbocycles. The average molecular weight is 387 g/mol. The molecule has 0 N–H and O–H groups in total. The molecule has 128 valence electrons. The van der Waals surface area contributed by atoms with Crippen LogP contribution < -0.4 is 5.56 Å². The number of rotatable bonds is 3. The molecular weight excluding hydrogens is 368 g/mol. The van der Waals surface area contributed by atoms with Gasteiger partial charge in [0.15, 0.2) is 5.16 Å². The van der Waals surface area contributed by atoms with Crippen LogP contribution in [-0.4, -0.2) is 21.1 Å². The lowest BCUT2D eigenvalue weighted by molar-refractivity contribution is 0.595. The fraction of sp³-hybridized carbons (Fsp3) is 0.368. The SMILES string of the molecule is O=c1nc2n(c3sc4c(c13)CCCC4)[C@@H](CSc1ccccc1)CS2. The van der Waals surface area contributed by atoms with Gasteiger partial charge in [0.2, 0.25) is 0 Å². The second-order valence-electron chi connectivity index (χ2n) is 6.55. The van der Waals surface area contributed by atoms with Crippen molar-refractivity contribution in [2.75, 3.05) is 11.5 Å². The minimum absolute atomic E-state index is 0.00971. The van der Waals surface area contributed by atoms with Crippen molar-refractivity contribution in [1.29, 1.82) is 0 Å². The van der Waals surface area contributed by atoms with Crippen molar-refractivity contribution in [3.63, 3.8) is 0 Å². The predicted octanol–water partition coefficient (Wildman–Crippen LogP) is 4.78. The summed E-state index contributed by atoms with van der Waals surface area (Å²) >= 11 is 5.47. The van der Waals surface area contributed by atoms with Crippen molar-refractivity contribution in [3.8, 4) is 0 Å². The van der Waals surface area contributed by atoms with Crippen LogP contribution in [0.15, 0.2) is 45.2 Å². The van der Waals surface area contributed by atoms with Crippen LogP contribution in [0.4, 0.5) is 0 Å². The molecule has 6 heteroatoms. The molecule has 0 bridgehead atoms. The van der Waals surface area contributed by atoms with Crippen LogP contribution in [0.3, 0.4) is 0 Å². The Morgan fingerprint density at radius 3 is 2.92 bits per heavy atom. The van der Waals surface area contributed by atoms with Gasteiger partial charge >= 0.3 is 0 Å². The minimum atomic E-state index is -0.00971. The van der Waals surface area contributed by atoms with Crippen LogP contribution in [0.25, 0.3) is 10.2 Å². The monoisotopic (exact) mass is 386 g/mol. The number of benzene rings is 1. The zero-order valence-electron chi connectivity index (χ0n) is 13.7. The highest BCUT2D eigenvalue weighted by Gasteiger charge is 2.29. The van der Waals surface area contributed by atoms with E-state index in [4.69, 9.17) is 0 Å². The summed E-state index contributed by atoms with van der Waals surface area (Å²) < 4.78 is 2.36. The van der Waals surface area contributed by atoms with Crippen molar-refractivity contribution in [2.24, 2.45) is 0 Å². The number of aryl methyl sites for hydroxylation is 2. The molecule has 0 saturated carbocycles. The van der Waals surface area contributed by atoms with E-state index < -0.39 is 0 Å². The van der Waals surface area contributed by atoms with Gasteiger partial charge in [-0.15, -0.1) is 23.1 Å². The van der Waals surface area contributed by atoms with Crippen molar-refractivity contribution in [3.05, 3.63) is 51.1 Å². The number of hydrogen-bond donors (Lipinski definition) is 0. The second-order valence-corrected chi connectivity index (χ2v) is 9.71. The molecule has 0 spiro atoms. The van der Waals surface area contributed by atoms with Crippen molar-refractivity contribution >= 4 is 45.1 Å². The van der Waals surface area contributed by atoms with E-state index in [1.54, 1.807) is 11.8 Å². The third kappa shape index (κ3) is 2.75. The zero-order valence-corrected chi connectivity index (χ0v) is 16.2. The summed E-state index contributed by atoms with van der Waals surface area (Å²) in [6.07, 6.45) is 4.61. The second kappa shape index (κ2) is 6.49. The van der Waals surface area contributed by atoms with Gasteiger partial charge in [0, 0.05) is 21.3 Å². The number of thioether (sulfide) groups is 2. The van der Waals surface area contributed by atoms with Crippen LogP contribution >= 0.6 is 34.9 Å². The number of hydrogen-bond acceptors (Lipinski definition) is 5. The molecule has 0 radical (unpaired) electrons. The van der Waals surface area contributed by atoms with Crippen LogP contribution in [0.1, 0.15) is 29.3 Å². The first-order chi connectivity index (χ1) is 12.3. The zero-order chi connectivity index (χ0) is 16.8. The largest absolute Gasteiger partial charge is 0.307 e. The molecule has 1 aliphatic heterocycles. The molecule has 0 fully saturated rings. The Labute approximate surface area is 158 Å². The first kappa shape index (κ1) is 16.0. The molecule has 0 amide bonds. The van der Waals surface area contributed by atoms with Gasteiger partial charge in [-0.2, -0.15) is 4.98 Å². The highest BCUT2D eigenvalue weighted by atomic mass is 32.2. The van der Waals surface area contributed by atoms with Gasteiger partial charge in [0.1, 0.15) is 4.83 Å². The summed E-state index contributed by atoms with van der Waals surface area (Å²) in [5, 5.41) is 1.83. The van der Waals surface area contributed by atoms with Gasteiger partial charge in [-0.05, 0) is 43.4 Å². The molecule has 3 heterocycles. The van der Waals surface area contributed by atoms with E-state index in [-0.39, 0.29) is 5.56 Å². The first-order valence-corrected chi connectivity index (χ1v) is 11.5. The summed E-state index contributed by atoms with van der Waals surface area (Å²) in [6, 6.07) is 11.0. The Balaban J connectivity index is 1.56. The Hall–Kier alpha value is -1.24. The lowest BCUT2D eigenvalue weighted by Crippen LogP contribution is -2.17. The van der Waals surface area contributed by atoms with Crippen LogP contribution in [0.2, 0.25) is 0 Å². The maximum Gasteiger partial charge on any atom is 0.282 e. The molecule has 2 aliphatic rings. The first-order valence-electron chi connectivity index (χ1n) is 8.68. The standard InChI is InChI=1S/C19H18N2OS3/c22-17-16-14-8-4-5-9-15(14)25-18(16)21-12(11-24-19(21)20-17)10-23-13-6-2-1-3-7-13/h1-3,6-7,12H,4-5,8-11H2/t12-/m0/s1. The summed E-state index contributed by atoms with van der Waals surface area (Å²) in [5.41, 5.74) is 1.29. The Morgan fingerprint density at radius 1 is 1.20 bits per heavy atom. The topological polar surface area (TPSA) is 34.9 Å². The van der Waals surface area contributed by atoms with Gasteiger partial charge in [0.25, 0.3) is 5.56 Å². The number of thiophene rings is 1. The van der Waals surface area contributed by atoms with E-state index in [0.29, 0.717) is 6.04 Å². The van der Waals surface area contributed by atoms with Gasteiger partial charge < -0.3 is 4.57 Å². The molecule has 3 nitrogen and oxygen atoms in total. The van der Waals surface area contributed by atoms with E-state index >= 15 is 0 Å². The fourth-order valence-corrected chi connectivity index (χ4v) is 7.52. The summed E-state index contributed by atoms with van der Waals surface area (Å²) in [6.45, 7) is 0. The molecule has 1 aliphatic carbocycles. The molecule has 0 saturated heterocycles. The van der Waals surface area contributed by atoms with Gasteiger partial charge in [0.05, 0.1) is 11.4 Å². The van der Waals surface area contributed by atoms with E-state index in [2.05, 4.69) is 39.9 Å². The minimum Gasteiger partial charge on any atom is -0.307 e. The van der Waals surface area contributed by atoms with Crippen LogP contribution in [-0.2, 0) is 12.8 Å². The average Bonchev–Trinajstić information content (AvgIpc) is 3.22. The molecule has 3 aromatic rings. The Morgan fingerprint density at radius 2 is 2.04 bits per heavy atom. The summed E-state index contributed by atoms with van der Waals surface area (Å²) in [4.78, 5) is 21.0. The highest BCUT2D eigenvalue weighted by Crippen LogP contribution is 2.42. The van der Waals surface area contributed by atoms with Crippen LogP contribution in [0, 0.1) is 0 Å². The third-order valence-corrected chi connectivity index (χ3v) is 8.49. The number of nitrogens with zero attached hydrogens (tertiary/aromatic N) is 2. The maximum atomic E-state index is 12.6. The smallest absolute Gasteiger partial charge is 0.282 e. The number of fused-ring (bicyclic) bond motifs is 5. The molecule has 2 aromatic heterocycles. The molecule has 0 unspecified atom stereocenters. The van der Waals surface area contributed by atoms with Gasteiger partial charge in [-0.1, -0.05) is 30.0 Å². The van der Waals surface area contributed by atoms with E-state index in [0.717, 1.165) is 34.9 Å².